The van der Waals surface area contributed by atoms with Crippen LogP contribution in [0.4, 0.5) is 18.9 Å². The van der Waals surface area contributed by atoms with Gasteiger partial charge in [0, 0.05) is 42.0 Å². The van der Waals surface area contributed by atoms with E-state index in [-0.39, 0.29) is 22.4 Å². The number of fused-ring (bicyclic) bond motifs is 1. The standard InChI is InChI=1S/C26H23F3N8OS/c27-26(28,29)23-9-21(35-36-23)25-33-22(13-39-25)24(38)32-20-8-19-16(10-31-34-19)7-18(20)15-3-1-2-14(6-15)11-37-5-4-17(30)12-37/h1-3,6-10,13,17H,4-5,11-12,30H2,(H,31,34)(H,32,38)(H,35,36). The van der Waals surface area contributed by atoms with E-state index in [2.05, 4.69) is 42.6 Å². The van der Waals surface area contributed by atoms with Crippen LogP contribution in [0.1, 0.15) is 28.2 Å². The van der Waals surface area contributed by atoms with Crippen molar-refractivity contribution < 1.29 is 18.0 Å². The Hall–Kier alpha value is -4.07. The number of anilines is 1. The summed E-state index contributed by atoms with van der Waals surface area (Å²) >= 11 is 1.04. The number of rotatable bonds is 6. The number of benzene rings is 2. The monoisotopic (exact) mass is 552 g/mol. The van der Waals surface area contributed by atoms with E-state index in [1.807, 2.05) is 23.3 Å². The summed E-state index contributed by atoms with van der Waals surface area (Å²) in [6.07, 6.45) is -1.86. The third kappa shape index (κ3) is 5.28. The molecule has 0 spiro atoms. The molecule has 1 aliphatic heterocycles. The number of hydrogen-bond donors (Lipinski definition) is 4. The molecule has 1 fully saturated rings. The van der Waals surface area contributed by atoms with Gasteiger partial charge in [0.2, 0.25) is 0 Å². The van der Waals surface area contributed by atoms with E-state index in [1.54, 1.807) is 12.3 Å². The number of nitrogens with one attached hydrogen (secondary N) is 3. The lowest BCUT2D eigenvalue weighted by Gasteiger charge is -2.17. The molecule has 1 amide bonds. The van der Waals surface area contributed by atoms with E-state index < -0.39 is 17.8 Å². The molecular formula is C26H23F3N8OS. The molecule has 4 heterocycles. The first-order chi connectivity index (χ1) is 18.7. The van der Waals surface area contributed by atoms with Crippen LogP contribution in [0.2, 0.25) is 0 Å². The number of nitrogens with two attached hydrogens (primary N) is 1. The van der Waals surface area contributed by atoms with Crippen LogP contribution in [0.3, 0.4) is 0 Å². The van der Waals surface area contributed by atoms with Gasteiger partial charge in [-0.1, -0.05) is 18.2 Å². The zero-order chi connectivity index (χ0) is 27.1. The third-order valence-corrected chi connectivity index (χ3v) is 7.48. The Kier molecular flexibility index (Phi) is 6.41. The van der Waals surface area contributed by atoms with Crippen molar-refractivity contribution in [2.24, 2.45) is 5.73 Å². The molecule has 1 aliphatic rings. The van der Waals surface area contributed by atoms with Gasteiger partial charge in [-0.3, -0.25) is 19.9 Å². The Balaban J connectivity index is 1.28. The Morgan fingerprint density at radius 3 is 2.85 bits per heavy atom. The lowest BCUT2D eigenvalue weighted by Crippen LogP contribution is -2.26. The second kappa shape index (κ2) is 9.91. The number of likely N-dealkylation sites (tertiary alicyclic amines) is 1. The van der Waals surface area contributed by atoms with E-state index in [1.165, 1.54) is 5.38 Å². The Bertz CT molecular complexity index is 1660. The highest BCUT2D eigenvalue weighted by Crippen LogP contribution is 2.34. The number of aromatic nitrogens is 5. The molecule has 200 valence electrons. The van der Waals surface area contributed by atoms with Crippen LogP contribution in [0.15, 0.2) is 54.0 Å². The van der Waals surface area contributed by atoms with Gasteiger partial charge < -0.3 is 11.1 Å². The predicted octanol–water partition coefficient (Wildman–Crippen LogP) is 4.88. The van der Waals surface area contributed by atoms with Gasteiger partial charge in [0.15, 0.2) is 0 Å². The van der Waals surface area contributed by atoms with Gasteiger partial charge in [-0.05, 0) is 41.8 Å². The molecular weight excluding hydrogens is 529 g/mol. The highest BCUT2D eigenvalue weighted by atomic mass is 32.1. The van der Waals surface area contributed by atoms with Crippen LogP contribution in [0.25, 0.3) is 32.7 Å². The summed E-state index contributed by atoms with van der Waals surface area (Å²) < 4.78 is 38.8. The number of carbonyl (C=O) groups excluding carboxylic acids is 1. The molecule has 0 aliphatic carbocycles. The summed E-state index contributed by atoms with van der Waals surface area (Å²) in [4.78, 5) is 19.7. The normalized spacial score (nSPS) is 16.3. The SMILES string of the molecule is NC1CCN(Cc2cccc(-c3cc4cn[nH]c4cc3NC(=O)c3csc(-c4cc(C(F)(F)F)[nH]n4)n3)c2)C1. The molecule has 2 aromatic carbocycles. The van der Waals surface area contributed by atoms with E-state index in [4.69, 9.17) is 5.73 Å². The fourth-order valence-corrected chi connectivity index (χ4v) is 5.45. The van der Waals surface area contributed by atoms with Crippen LogP contribution in [0.5, 0.6) is 0 Å². The first kappa shape index (κ1) is 25.2. The number of thiazole rings is 1. The van der Waals surface area contributed by atoms with Crippen molar-refractivity contribution in [2.45, 2.75) is 25.2 Å². The molecule has 1 atom stereocenters. The molecule has 6 rings (SSSR count). The molecule has 0 radical (unpaired) electrons. The van der Waals surface area contributed by atoms with Gasteiger partial charge in [-0.25, -0.2) is 4.98 Å². The maximum absolute atomic E-state index is 13.2. The fourth-order valence-electron chi connectivity index (χ4n) is 4.69. The maximum Gasteiger partial charge on any atom is 0.432 e. The maximum atomic E-state index is 13.2. The highest BCUT2D eigenvalue weighted by molar-refractivity contribution is 7.13. The van der Waals surface area contributed by atoms with Crippen molar-refractivity contribution in [3.05, 3.63) is 71.0 Å². The largest absolute Gasteiger partial charge is 0.432 e. The number of aromatic amines is 2. The molecule has 9 nitrogen and oxygen atoms in total. The van der Waals surface area contributed by atoms with Crippen molar-refractivity contribution >= 4 is 33.8 Å². The van der Waals surface area contributed by atoms with Crippen LogP contribution >= 0.6 is 11.3 Å². The van der Waals surface area contributed by atoms with Crippen molar-refractivity contribution in [3.8, 4) is 21.8 Å². The van der Waals surface area contributed by atoms with Crippen LogP contribution < -0.4 is 11.1 Å². The van der Waals surface area contributed by atoms with E-state index >= 15 is 0 Å². The van der Waals surface area contributed by atoms with Crippen molar-refractivity contribution in [3.63, 3.8) is 0 Å². The molecule has 39 heavy (non-hydrogen) atoms. The van der Waals surface area contributed by atoms with Gasteiger partial charge in [0.1, 0.15) is 22.1 Å². The van der Waals surface area contributed by atoms with E-state index in [0.29, 0.717) is 5.69 Å². The Labute approximate surface area is 224 Å². The average Bonchev–Trinajstić information content (AvgIpc) is 3.70. The Morgan fingerprint density at radius 1 is 1.21 bits per heavy atom. The Morgan fingerprint density at radius 2 is 2.08 bits per heavy atom. The minimum atomic E-state index is -4.55. The average molecular weight is 553 g/mol. The molecule has 3 aromatic heterocycles. The number of carbonyl (C=O) groups is 1. The molecule has 5 N–H and O–H groups in total. The minimum Gasteiger partial charge on any atom is -0.326 e. The molecule has 1 saturated heterocycles. The topological polar surface area (TPSA) is 129 Å². The fraction of sp³-hybridized carbons (Fsp3) is 0.231. The van der Waals surface area contributed by atoms with Gasteiger partial charge in [-0.15, -0.1) is 11.3 Å². The summed E-state index contributed by atoms with van der Waals surface area (Å²) in [5, 5.41) is 18.2. The summed E-state index contributed by atoms with van der Waals surface area (Å²) in [7, 11) is 0. The second-order valence-electron chi connectivity index (χ2n) is 9.50. The summed E-state index contributed by atoms with van der Waals surface area (Å²) in [6, 6.07) is 12.9. The number of halogens is 3. The van der Waals surface area contributed by atoms with Gasteiger partial charge in [-0.2, -0.15) is 23.4 Å². The lowest BCUT2D eigenvalue weighted by atomic mass is 9.99. The number of nitrogens with zero attached hydrogens (tertiary/aromatic N) is 4. The quantitative estimate of drug-likeness (QED) is 0.238. The summed E-state index contributed by atoms with van der Waals surface area (Å²) in [5.74, 6) is -0.494. The lowest BCUT2D eigenvalue weighted by molar-refractivity contribution is -0.141. The second-order valence-corrected chi connectivity index (χ2v) is 10.4. The third-order valence-electron chi connectivity index (χ3n) is 6.62. The van der Waals surface area contributed by atoms with Crippen LogP contribution in [-0.2, 0) is 12.7 Å². The first-order valence-electron chi connectivity index (χ1n) is 12.2. The van der Waals surface area contributed by atoms with Crippen molar-refractivity contribution in [2.75, 3.05) is 18.4 Å². The molecule has 0 bridgehead atoms. The van der Waals surface area contributed by atoms with E-state index in [9.17, 15) is 18.0 Å². The molecule has 1 unspecified atom stereocenters. The summed E-state index contributed by atoms with van der Waals surface area (Å²) in [6.45, 7) is 2.60. The number of alkyl halides is 3. The summed E-state index contributed by atoms with van der Waals surface area (Å²) in [5.41, 5.74) is 9.31. The zero-order valence-electron chi connectivity index (χ0n) is 20.4. The smallest absolute Gasteiger partial charge is 0.326 e. The minimum absolute atomic E-state index is 0.0155. The van der Waals surface area contributed by atoms with Crippen LogP contribution in [0, 0.1) is 0 Å². The van der Waals surface area contributed by atoms with Gasteiger partial charge >= 0.3 is 6.18 Å². The molecule has 13 heteroatoms. The number of H-pyrrole nitrogens is 2. The first-order valence-corrected chi connectivity index (χ1v) is 13.0. The van der Waals surface area contributed by atoms with Gasteiger partial charge in [0.05, 0.1) is 17.4 Å². The van der Waals surface area contributed by atoms with Crippen LogP contribution in [-0.4, -0.2) is 55.3 Å². The van der Waals surface area contributed by atoms with Crippen molar-refractivity contribution in [1.29, 1.82) is 0 Å². The number of hydrogen-bond acceptors (Lipinski definition) is 7. The molecule has 0 saturated carbocycles. The van der Waals surface area contributed by atoms with Gasteiger partial charge in [0.25, 0.3) is 5.91 Å². The zero-order valence-corrected chi connectivity index (χ0v) is 21.2. The molecule has 5 aromatic rings. The number of amides is 1. The van der Waals surface area contributed by atoms with E-state index in [0.717, 1.165) is 71.1 Å². The predicted molar refractivity (Wildman–Crippen MR) is 142 cm³/mol. The highest BCUT2D eigenvalue weighted by Gasteiger charge is 2.33. The van der Waals surface area contributed by atoms with Crippen molar-refractivity contribution in [1.82, 2.24) is 30.3 Å².